The third kappa shape index (κ3) is 6.61. The lowest BCUT2D eigenvalue weighted by molar-refractivity contribution is 1.18. The fourth-order valence-electron chi connectivity index (χ4n) is 9.65. The maximum Gasteiger partial charge on any atom is 0.0547 e. The van der Waals surface area contributed by atoms with Crippen molar-refractivity contribution < 1.29 is 0 Å². The molecule has 12 aromatic rings. The van der Waals surface area contributed by atoms with Crippen molar-refractivity contribution in [3.63, 3.8) is 0 Å². The van der Waals surface area contributed by atoms with E-state index in [1.54, 1.807) is 0 Å². The van der Waals surface area contributed by atoms with E-state index in [0.29, 0.717) is 0 Å². The lowest BCUT2D eigenvalue weighted by atomic mass is 9.93. The Labute approximate surface area is 373 Å². The van der Waals surface area contributed by atoms with E-state index in [1.807, 2.05) is 0 Å². The van der Waals surface area contributed by atoms with Crippen LogP contribution in [0.3, 0.4) is 0 Å². The fraction of sp³-hybridized carbons (Fsp3) is 0. The largest absolute Gasteiger partial charge is 0.311 e. The van der Waals surface area contributed by atoms with Gasteiger partial charge in [0.05, 0.1) is 11.0 Å². The Kier molecular flexibility index (Phi) is 9.20. The standard InChI is InChI=1S/C62H42N2/c1-3-13-43(14-4-1)46-27-34-53(35-28-46)63(54-36-29-47(30-37-54)44-15-5-2-6-16-44)55-38-31-48(32-39-55)51-20-11-21-56(42-51)64-59-24-10-9-22-58(59)62-60(64)40-33-49-19-12-23-57(61(49)62)52-26-25-45-17-7-8-18-50(45)41-52/h1-42H. The number of benzene rings is 11. The van der Waals surface area contributed by atoms with Gasteiger partial charge in [-0.05, 0) is 133 Å². The van der Waals surface area contributed by atoms with Crippen molar-refractivity contribution >= 4 is 60.4 Å². The topological polar surface area (TPSA) is 8.17 Å². The molecule has 0 spiro atoms. The second-order valence-corrected chi connectivity index (χ2v) is 16.5. The van der Waals surface area contributed by atoms with Crippen LogP contribution in [0.25, 0.3) is 93.5 Å². The second kappa shape index (κ2) is 15.8. The Hall–Kier alpha value is -8.46. The fourth-order valence-corrected chi connectivity index (χ4v) is 9.65. The molecule has 2 heteroatoms. The van der Waals surface area contributed by atoms with Crippen LogP contribution in [-0.4, -0.2) is 4.57 Å². The number of aromatic nitrogens is 1. The molecule has 11 aromatic carbocycles. The third-order valence-corrected chi connectivity index (χ3v) is 12.8. The summed E-state index contributed by atoms with van der Waals surface area (Å²) in [5.41, 5.74) is 16.4. The van der Waals surface area contributed by atoms with Crippen molar-refractivity contribution in [2.75, 3.05) is 4.90 Å². The zero-order chi connectivity index (χ0) is 42.4. The van der Waals surface area contributed by atoms with Gasteiger partial charge in [0.25, 0.3) is 0 Å². The quantitative estimate of drug-likeness (QED) is 0.148. The molecule has 2 nitrogen and oxygen atoms in total. The van der Waals surface area contributed by atoms with Crippen LogP contribution in [0.5, 0.6) is 0 Å². The number of fused-ring (bicyclic) bond motifs is 6. The molecule has 0 saturated carbocycles. The summed E-state index contributed by atoms with van der Waals surface area (Å²) in [6, 6.07) is 92.6. The molecule has 0 bridgehead atoms. The maximum absolute atomic E-state index is 2.44. The minimum absolute atomic E-state index is 1.09. The van der Waals surface area contributed by atoms with Crippen LogP contribution >= 0.6 is 0 Å². The number of rotatable bonds is 8. The number of nitrogens with zero attached hydrogens (tertiary/aromatic N) is 2. The molecule has 0 amide bonds. The predicted molar refractivity (Wildman–Crippen MR) is 272 cm³/mol. The van der Waals surface area contributed by atoms with Crippen molar-refractivity contribution in [1.29, 1.82) is 0 Å². The maximum atomic E-state index is 2.44. The summed E-state index contributed by atoms with van der Waals surface area (Å²) in [7, 11) is 0. The third-order valence-electron chi connectivity index (χ3n) is 12.8. The van der Waals surface area contributed by atoms with Crippen molar-refractivity contribution in [3.05, 3.63) is 255 Å². The smallest absolute Gasteiger partial charge is 0.0547 e. The van der Waals surface area contributed by atoms with E-state index in [1.165, 1.54) is 82.3 Å². The summed E-state index contributed by atoms with van der Waals surface area (Å²) in [5.74, 6) is 0. The molecule has 1 heterocycles. The van der Waals surface area contributed by atoms with Gasteiger partial charge in [-0.3, -0.25) is 0 Å². The van der Waals surface area contributed by atoms with Crippen LogP contribution in [-0.2, 0) is 0 Å². The summed E-state index contributed by atoms with van der Waals surface area (Å²) in [6.07, 6.45) is 0. The molecular formula is C62H42N2. The zero-order valence-corrected chi connectivity index (χ0v) is 35.1. The predicted octanol–water partition coefficient (Wildman–Crippen LogP) is 17.2. The van der Waals surface area contributed by atoms with Crippen LogP contribution in [0.2, 0.25) is 0 Å². The van der Waals surface area contributed by atoms with E-state index in [4.69, 9.17) is 0 Å². The van der Waals surface area contributed by atoms with Crippen LogP contribution in [0.1, 0.15) is 0 Å². The molecule has 0 radical (unpaired) electrons. The van der Waals surface area contributed by atoms with Gasteiger partial charge >= 0.3 is 0 Å². The average Bonchev–Trinajstić information content (AvgIpc) is 3.72. The minimum Gasteiger partial charge on any atom is -0.311 e. The summed E-state index contributed by atoms with van der Waals surface area (Å²) in [4.78, 5) is 2.35. The number of hydrogen-bond donors (Lipinski definition) is 0. The van der Waals surface area contributed by atoms with Crippen molar-refractivity contribution in [2.45, 2.75) is 0 Å². The Morgan fingerprint density at radius 2 is 0.750 bits per heavy atom. The lowest BCUT2D eigenvalue weighted by Gasteiger charge is -2.26. The molecule has 1 aromatic heterocycles. The average molecular weight is 815 g/mol. The Morgan fingerprint density at radius 3 is 1.41 bits per heavy atom. The molecule has 0 fully saturated rings. The molecule has 0 aliphatic carbocycles. The molecule has 0 aliphatic rings. The van der Waals surface area contributed by atoms with Crippen molar-refractivity contribution in [3.8, 4) is 50.2 Å². The molecule has 0 N–H and O–H groups in total. The van der Waals surface area contributed by atoms with Crippen LogP contribution in [0.4, 0.5) is 17.1 Å². The molecule has 0 unspecified atom stereocenters. The van der Waals surface area contributed by atoms with E-state index in [-0.39, 0.29) is 0 Å². The first-order valence-corrected chi connectivity index (χ1v) is 22.0. The van der Waals surface area contributed by atoms with Crippen LogP contribution in [0.15, 0.2) is 255 Å². The summed E-state index contributed by atoms with van der Waals surface area (Å²) in [6.45, 7) is 0. The van der Waals surface area contributed by atoms with Crippen molar-refractivity contribution in [2.24, 2.45) is 0 Å². The molecule has 12 rings (SSSR count). The van der Waals surface area contributed by atoms with E-state index in [9.17, 15) is 0 Å². The first-order valence-electron chi connectivity index (χ1n) is 22.0. The Bertz CT molecular complexity index is 3540. The Balaban J connectivity index is 0.939. The Morgan fingerprint density at radius 1 is 0.266 bits per heavy atom. The van der Waals surface area contributed by atoms with Gasteiger partial charge in [-0.2, -0.15) is 0 Å². The van der Waals surface area contributed by atoms with Gasteiger partial charge in [0.2, 0.25) is 0 Å². The highest BCUT2D eigenvalue weighted by Crippen LogP contribution is 2.43. The van der Waals surface area contributed by atoms with E-state index in [0.717, 1.165) is 28.3 Å². The monoisotopic (exact) mass is 814 g/mol. The minimum atomic E-state index is 1.09. The molecule has 64 heavy (non-hydrogen) atoms. The summed E-state index contributed by atoms with van der Waals surface area (Å²) >= 11 is 0. The van der Waals surface area contributed by atoms with Gasteiger partial charge in [0.1, 0.15) is 0 Å². The van der Waals surface area contributed by atoms with Gasteiger partial charge in [-0.1, -0.05) is 188 Å². The first kappa shape index (κ1) is 37.3. The van der Waals surface area contributed by atoms with Gasteiger partial charge < -0.3 is 9.47 Å². The van der Waals surface area contributed by atoms with Gasteiger partial charge in [-0.15, -0.1) is 0 Å². The van der Waals surface area contributed by atoms with Gasteiger partial charge in [-0.25, -0.2) is 0 Å². The summed E-state index contributed by atoms with van der Waals surface area (Å²) in [5, 5.41) is 7.55. The first-order chi connectivity index (χ1) is 31.7. The highest BCUT2D eigenvalue weighted by atomic mass is 15.1. The number of hydrogen-bond acceptors (Lipinski definition) is 1. The van der Waals surface area contributed by atoms with Gasteiger partial charge in [0.15, 0.2) is 0 Å². The number of anilines is 3. The summed E-state index contributed by atoms with van der Waals surface area (Å²) < 4.78 is 2.44. The number of para-hydroxylation sites is 1. The normalized spacial score (nSPS) is 11.4. The van der Waals surface area contributed by atoms with E-state index >= 15 is 0 Å². The molecular weight excluding hydrogens is 773 g/mol. The zero-order valence-electron chi connectivity index (χ0n) is 35.1. The molecule has 0 saturated heterocycles. The molecule has 0 atom stereocenters. The van der Waals surface area contributed by atoms with Crippen LogP contribution in [0, 0.1) is 0 Å². The highest BCUT2D eigenvalue weighted by molar-refractivity contribution is 6.25. The van der Waals surface area contributed by atoms with Crippen molar-refractivity contribution in [1.82, 2.24) is 4.57 Å². The van der Waals surface area contributed by atoms with E-state index < -0.39 is 0 Å². The highest BCUT2D eigenvalue weighted by Gasteiger charge is 2.19. The SMILES string of the molecule is c1ccc(-c2ccc(N(c3ccc(-c4ccccc4)cc3)c3ccc(-c4cccc(-n5c6ccccc6c6c7c(-c8ccc9ccccc9c8)cccc7ccc65)c4)cc3)cc2)cc1. The van der Waals surface area contributed by atoms with Gasteiger partial charge in [0, 0.05) is 33.5 Å². The second-order valence-electron chi connectivity index (χ2n) is 16.5. The molecule has 300 valence electrons. The lowest BCUT2D eigenvalue weighted by Crippen LogP contribution is -2.09. The van der Waals surface area contributed by atoms with E-state index in [2.05, 4.69) is 264 Å². The van der Waals surface area contributed by atoms with Crippen LogP contribution < -0.4 is 4.90 Å². The molecule has 0 aliphatic heterocycles.